The molecule has 6 rings (SSSR count). The number of aliphatic hydroxyl groups excluding tert-OH is 2. The molecule has 0 saturated carbocycles. The van der Waals surface area contributed by atoms with Gasteiger partial charge in [-0.1, -0.05) is 60.7 Å². The number of carbonyl (C=O) groups is 1. The maximum Gasteiger partial charge on any atom is 0.252 e. The molecular formula is C30H36N8O4. The number of amides is 1. The highest BCUT2D eigenvalue weighted by Gasteiger charge is 2.47. The third-order valence-electron chi connectivity index (χ3n) is 7.76. The zero-order valence-corrected chi connectivity index (χ0v) is 23.1. The van der Waals surface area contributed by atoms with Crippen molar-refractivity contribution in [2.75, 3.05) is 36.8 Å². The molecule has 4 heterocycles. The molecule has 1 amide bonds. The summed E-state index contributed by atoms with van der Waals surface area (Å²) in [6.07, 6.45) is -2.90. The Morgan fingerprint density at radius 2 is 1.86 bits per heavy atom. The van der Waals surface area contributed by atoms with E-state index in [4.69, 9.17) is 16.1 Å². The average Bonchev–Trinajstić information content (AvgIpc) is 3.77. The minimum atomic E-state index is -1.47. The predicted octanol–water partition coefficient (Wildman–Crippen LogP) is 1.60. The van der Waals surface area contributed by atoms with Gasteiger partial charge in [0.15, 0.2) is 29.3 Å². The summed E-state index contributed by atoms with van der Waals surface area (Å²) in [6.45, 7) is 2.29. The molecule has 2 unspecified atom stereocenters. The number of imidazole rings is 1. The van der Waals surface area contributed by atoms with E-state index < -0.39 is 30.4 Å². The van der Waals surface area contributed by atoms with Crippen molar-refractivity contribution in [3.63, 3.8) is 0 Å². The maximum atomic E-state index is 12.6. The van der Waals surface area contributed by atoms with Gasteiger partial charge in [-0.3, -0.25) is 9.36 Å². The Hall–Kier alpha value is -4.10. The van der Waals surface area contributed by atoms with Crippen molar-refractivity contribution in [1.29, 1.82) is 0 Å². The fourth-order valence-corrected chi connectivity index (χ4v) is 5.58. The van der Waals surface area contributed by atoms with Gasteiger partial charge < -0.3 is 36.2 Å². The highest BCUT2D eigenvalue weighted by molar-refractivity contribution is 5.85. The zero-order chi connectivity index (χ0) is 29.8. The van der Waals surface area contributed by atoms with E-state index in [1.165, 1.54) is 10.9 Å². The fraction of sp³-hybridized carbons (Fsp3) is 0.400. The van der Waals surface area contributed by atoms with E-state index in [9.17, 15) is 15.0 Å². The number of hydrogen-bond acceptors (Lipinski definition) is 10. The van der Waals surface area contributed by atoms with Gasteiger partial charge in [0.2, 0.25) is 5.95 Å². The lowest BCUT2D eigenvalue weighted by atomic mass is 9.91. The lowest BCUT2D eigenvalue weighted by molar-refractivity contribution is -0.137. The Kier molecular flexibility index (Phi) is 7.91. The molecule has 220 valence electrons. The first-order chi connectivity index (χ1) is 21.0. The Bertz CT molecular complexity index is 1480. The first-order valence-corrected chi connectivity index (χ1v) is 14.2. The van der Waals surface area contributed by atoms with Gasteiger partial charge in [0.1, 0.15) is 12.2 Å². The minimum absolute atomic E-state index is 0.0128. The van der Waals surface area contributed by atoms with Crippen molar-refractivity contribution < 1.29 is 21.1 Å². The maximum absolute atomic E-state index is 12.6. The second kappa shape index (κ2) is 12.4. The fourth-order valence-electron chi connectivity index (χ4n) is 5.58. The number of fused-ring (bicyclic) bond motifs is 1. The molecule has 4 aromatic rings. The number of likely N-dealkylation sites (N-methyl/N-ethyl adjacent to an activating group) is 1. The minimum Gasteiger partial charge on any atom is -0.387 e. The molecule has 2 aliphatic rings. The van der Waals surface area contributed by atoms with Crippen LogP contribution in [0.25, 0.3) is 11.2 Å². The number of nitrogens with one attached hydrogen (secondary N) is 4. The van der Waals surface area contributed by atoms with E-state index in [0.717, 1.165) is 30.6 Å². The number of aliphatic hydroxyl groups is 2. The number of hydrogen-bond donors (Lipinski definition) is 6. The molecule has 12 heteroatoms. The largest absolute Gasteiger partial charge is 0.387 e. The van der Waals surface area contributed by atoms with Crippen molar-refractivity contribution in [1.82, 2.24) is 30.2 Å². The van der Waals surface area contributed by atoms with Crippen molar-refractivity contribution in [2.24, 2.45) is 0 Å². The van der Waals surface area contributed by atoms with Gasteiger partial charge in [-0.25, -0.2) is 4.98 Å². The van der Waals surface area contributed by atoms with Crippen LogP contribution in [0.2, 0.25) is 0 Å². The second-order valence-electron chi connectivity index (χ2n) is 10.5. The van der Waals surface area contributed by atoms with Crippen molar-refractivity contribution >= 4 is 28.8 Å². The molecule has 12 nitrogen and oxygen atoms in total. The van der Waals surface area contributed by atoms with E-state index in [2.05, 4.69) is 50.5 Å². The lowest BCUT2D eigenvalue weighted by Gasteiger charge is -2.20. The molecule has 0 radical (unpaired) electrons. The zero-order valence-electron chi connectivity index (χ0n) is 24.1. The van der Waals surface area contributed by atoms with Crippen molar-refractivity contribution in [3.8, 4) is 0 Å². The summed E-state index contributed by atoms with van der Waals surface area (Å²) in [4.78, 5) is 26.7. The van der Waals surface area contributed by atoms with E-state index in [-0.39, 0.29) is 25.4 Å². The smallest absolute Gasteiger partial charge is 0.252 e. The van der Waals surface area contributed by atoms with Crippen LogP contribution in [-0.2, 0) is 9.53 Å². The molecule has 2 aromatic heterocycles. The number of benzene rings is 2. The van der Waals surface area contributed by atoms with Crippen molar-refractivity contribution in [2.45, 2.75) is 49.8 Å². The number of aromatic nitrogens is 4. The summed E-state index contributed by atoms with van der Waals surface area (Å²) in [5.74, 6) is 0.334. The molecule has 6 N–H and O–H groups in total. The van der Waals surface area contributed by atoms with E-state index in [0.29, 0.717) is 29.5 Å². The first kappa shape index (κ1) is 26.8. The molecule has 0 aliphatic carbocycles. The molecule has 0 bridgehead atoms. The molecule has 2 saturated heterocycles. The van der Waals surface area contributed by atoms with Gasteiger partial charge >= 0.3 is 0 Å². The third-order valence-corrected chi connectivity index (χ3v) is 7.76. The number of anilines is 2. The summed E-state index contributed by atoms with van der Waals surface area (Å²) >= 11 is 0. The van der Waals surface area contributed by atoms with Crippen LogP contribution in [0.5, 0.6) is 0 Å². The Balaban J connectivity index is 1.33. The van der Waals surface area contributed by atoms with E-state index in [1.54, 1.807) is 0 Å². The van der Waals surface area contributed by atoms with Gasteiger partial charge in [0, 0.05) is 33.0 Å². The molecule has 5 atom stereocenters. The number of ether oxygens (including phenoxy) is 1. The summed E-state index contributed by atoms with van der Waals surface area (Å²) in [5.41, 5.74) is 3.14. The standard InChI is InChI=1S/C30H36N8O4/c1-2-32-28(41)25-23(39)24(40)29(42-25)38-17-34-22-26(36-30(37-27(22)38)35-20-13-14-31-15-20)33-16-21(18-9-5-3-6-10-18)19-11-7-4-8-12-19/h3-12,17,20-21,23-25,29,31,39-40H,2,13-16H2,1H3,(H,32,41)(H2,33,35,36,37)/t20?,23-,24-,25+,29?/m1/s1/i1D. The Labute approximate surface area is 245 Å². The number of nitrogens with zero attached hydrogens (tertiary/aromatic N) is 4. The molecular weight excluding hydrogens is 536 g/mol. The predicted molar refractivity (Wildman–Crippen MR) is 158 cm³/mol. The van der Waals surface area contributed by atoms with Gasteiger partial charge in [0.05, 0.1) is 6.33 Å². The summed E-state index contributed by atoms with van der Waals surface area (Å²) in [5, 5.41) is 34.3. The average molecular weight is 574 g/mol. The van der Waals surface area contributed by atoms with Crippen LogP contribution in [0, 0.1) is 0 Å². The van der Waals surface area contributed by atoms with Crippen LogP contribution in [0.4, 0.5) is 11.8 Å². The highest BCUT2D eigenvalue weighted by Crippen LogP contribution is 2.34. The summed E-state index contributed by atoms with van der Waals surface area (Å²) in [6, 6.07) is 20.6. The number of carbonyl (C=O) groups excluding carboxylic acids is 1. The SMILES string of the molecule is [2H]CCNC(=O)[C@H]1OC(n2cnc3c(NCC(c4ccccc4)c4ccccc4)nc(NC4CCNC4)nc32)[C@H](O)[C@H]1O. The topological polar surface area (TPSA) is 158 Å². The van der Waals surface area contributed by atoms with Crippen LogP contribution in [-0.4, -0.2) is 86.2 Å². The Morgan fingerprint density at radius 1 is 1.12 bits per heavy atom. The first-order valence-electron chi connectivity index (χ1n) is 14.9. The molecule has 2 aliphatic heterocycles. The van der Waals surface area contributed by atoms with E-state index in [1.807, 2.05) is 36.4 Å². The molecule has 0 spiro atoms. The molecule has 42 heavy (non-hydrogen) atoms. The number of rotatable bonds is 10. The Morgan fingerprint density at radius 3 is 2.52 bits per heavy atom. The van der Waals surface area contributed by atoms with Crippen LogP contribution in [0.15, 0.2) is 67.0 Å². The highest BCUT2D eigenvalue weighted by atomic mass is 16.6. The van der Waals surface area contributed by atoms with Gasteiger partial charge in [0.25, 0.3) is 5.91 Å². The van der Waals surface area contributed by atoms with Crippen LogP contribution in [0.1, 0.15) is 38.0 Å². The van der Waals surface area contributed by atoms with Gasteiger partial charge in [-0.05, 0) is 31.0 Å². The van der Waals surface area contributed by atoms with Crippen LogP contribution < -0.4 is 21.3 Å². The summed E-state index contributed by atoms with van der Waals surface area (Å²) < 4.78 is 14.7. The normalized spacial score (nSPS) is 24.2. The molecule has 2 aromatic carbocycles. The quantitative estimate of drug-likeness (QED) is 0.165. The monoisotopic (exact) mass is 573 g/mol. The van der Waals surface area contributed by atoms with Crippen LogP contribution in [0.3, 0.4) is 0 Å². The van der Waals surface area contributed by atoms with Gasteiger partial charge in [-0.15, -0.1) is 0 Å². The van der Waals surface area contributed by atoms with Gasteiger partial charge in [-0.2, -0.15) is 9.97 Å². The van der Waals surface area contributed by atoms with Crippen LogP contribution >= 0.6 is 0 Å². The van der Waals surface area contributed by atoms with E-state index >= 15 is 0 Å². The summed E-state index contributed by atoms with van der Waals surface area (Å²) in [7, 11) is 0. The van der Waals surface area contributed by atoms with Crippen molar-refractivity contribution in [3.05, 3.63) is 78.1 Å². The third kappa shape index (κ3) is 5.66. The second-order valence-corrected chi connectivity index (χ2v) is 10.5. The lowest BCUT2D eigenvalue weighted by Crippen LogP contribution is -2.42. The molecule has 2 fully saturated rings.